The summed E-state index contributed by atoms with van der Waals surface area (Å²) in [7, 11) is 4.56. The van der Waals surface area contributed by atoms with Crippen molar-refractivity contribution in [2.24, 2.45) is 17.8 Å². The van der Waals surface area contributed by atoms with Gasteiger partial charge in [0.1, 0.15) is 17.7 Å². The second kappa shape index (κ2) is 12.6. The maximum absolute atomic E-state index is 13.9. The third-order valence-electron chi connectivity index (χ3n) is 8.55. The molecular weight excluding hydrogens is 586 g/mol. The summed E-state index contributed by atoms with van der Waals surface area (Å²) >= 11 is 0. The zero-order chi connectivity index (χ0) is 32.6. The number of alkyl carbamates (subject to hydrolysis) is 1. The molecule has 1 aliphatic carbocycles. The Hall–Kier alpha value is -4.35. The summed E-state index contributed by atoms with van der Waals surface area (Å²) < 4.78 is 45.5. The van der Waals surface area contributed by atoms with Crippen LogP contribution in [0.3, 0.4) is 0 Å². The number of benzene rings is 2. The van der Waals surface area contributed by atoms with E-state index < -0.39 is 53.5 Å². The average molecular weight is 628 g/mol. The Bertz CT molecular complexity index is 1440. The van der Waals surface area contributed by atoms with Crippen LogP contribution in [0.5, 0.6) is 28.7 Å². The van der Waals surface area contributed by atoms with Gasteiger partial charge in [-0.15, -0.1) is 0 Å². The molecule has 1 fully saturated rings. The summed E-state index contributed by atoms with van der Waals surface area (Å²) in [5.74, 6) is -0.879. The van der Waals surface area contributed by atoms with Gasteiger partial charge in [0, 0.05) is 17.4 Å². The molecular formula is C33H41NO11. The third kappa shape index (κ3) is 6.14. The van der Waals surface area contributed by atoms with Crippen LogP contribution in [0.15, 0.2) is 24.3 Å². The Kier molecular flexibility index (Phi) is 8.95. The number of carbonyl (C=O) groups is 3. The van der Waals surface area contributed by atoms with Crippen LogP contribution < -0.4 is 29.0 Å². The first kappa shape index (κ1) is 32.1. The van der Waals surface area contributed by atoms with Crippen LogP contribution in [-0.4, -0.2) is 64.4 Å². The molecule has 45 heavy (non-hydrogen) atoms. The lowest BCUT2D eigenvalue weighted by Crippen LogP contribution is -2.48. The van der Waals surface area contributed by atoms with Crippen LogP contribution in [0.2, 0.25) is 0 Å². The van der Waals surface area contributed by atoms with E-state index in [4.69, 9.17) is 37.9 Å². The fourth-order valence-electron chi connectivity index (χ4n) is 6.25. The normalized spacial score (nSPS) is 22.7. The molecule has 0 aromatic heterocycles. The molecule has 2 aromatic carbocycles. The van der Waals surface area contributed by atoms with Crippen LogP contribution in [0, 0.1) is 17.8 Å². The number of hydrogen-bond donors (Lipinski definition) is 1. The summed E-state index contributed by atoms with van der Waals surface area (Å²) in [5, 5.41) is 2.70. The molecule has 244 valence electrons. The van der Waals surface area contributed by atoms with Gasteiger partial charge < -0.3 is 43.2 Å². The Morgan fingerprint density at radius 2 is 1.58 bits per heavy atom. The highest BCUT2D eigenvalue weighted by molar-refractivity contribution is 5.83. The first-order valence-electron chi connectivity index (χ1n) is 15.0. The molecule has 0 spiro atoms. The number of rotatable bonds is 9. The lowest BCUT2D eigenvalue weighted by Gasteiger charge is -2.39. The average Bonchev–Trinajstić information content (AvgIpc) is 3.62. The lowest BCUT2D eigenvalue weighted by atomic mass is 9.66. The van der Waals surface area contributed by atoms with E-state index in [2.05, 4.69) is 5.32 Å². The molecule has 2 aromatic rings. The standard InChI is InChI=1S/C33H41NO11/c1-9-16(2)27(34-32(37)45-33(3,4)5)31(36)44-28-19-13-22-21(42-15-43-22)12-18(19)25(26-20(28)14-41-30(26)35)17-10-23(38-6)29(40-8)24(11-17)39-7/h10-13,16,20,25-28H,9,14-15H2,1-8H3,(H,34,37)/t16-,20-,25+,26-,27-,28-/m0/s1. The van der Waals surface area contributed by atoms with E-state index in [0.29, 0.717) is 51.9 Å². The molecule has 12 nitrogen and oxygen atoms in total. The molecule has 1 amide bonds. The van der Waals surface area contributed by atoms with E-state index in [0.717, 1.165) is 0 Å². The fraction of sp³-hybridized carbons (Fsp3) is 0.545. The van der Waals surface area contributed by atoms with Gasteiger partial charge in [-0.1, -0.05) is 20.3 Å². The van der Waals surface area contributed by atoms with Crippen LogP contribution in [0.25, 0.3) is 0 Å². The van der Waals surface area contributed by atoms with Crippen molar-refractivity contribution < 1.29 is 52.3 Å². The van der Waals surface area contributed by atoms with Gasteiger partial charge in [0.05, 0.1) is 33.9 Å². The van der Waals surface area contributed by atoms with E-state index >= 15 is 0 Å². The van der Waals surface area contributed by atoms with Gasteiger partial charge in [0.25, 0.3) is 0 Å². The maximum Gasteiger partial charge on any atom is 0.408 e. The zero-order valence-corrected chi connectivity index (χ0v) is 26.9. The van der Waals surface area contributed by atoms with E-state index in [1.807, 2.05) is 19.9 Å². The fourth-order valence-corrected chi connectivity index (χ4v) is 6.25. The molecule has 3 aliphatic rings. The van der Waals surface area contributed by atoms with Crippen molar-refractivity contribution in [3.63, 3.8) is 0 Å². The highest BCUT2D eigenvalue weighted by Crippen LogP contribution is 2.56. The van der Waals surface area contributed by atoms with Crippen molar-refractivity contribution in [2.75, 3.05) is 34.7 Å². The summed E-state index contributed by atoms with van der Waals surface area (Å²) in [6.07, 6.45) is -1.02. The first-order chi connectivity index (χ1) is 21.4. The number of cyclic esters (lactones) is 1. The number of esters is 2. The third-order valence-corrected chi connectivity index (χ3v) is 8.55. The Morgan fingerprint density at radius 1 is 0.956 bits per heavy atom. The highest BCUT2D eigenvalue weighted by Gasteiger charge is 2.54. The number of methoxy groups -OCH3 is 3. The minimum atomic E-state index is -0.994. The minimum absolute atomic E-state index is 0.0301. The first-order valence-corrected chi connectivity index (χ1v) is 15.0. The predicted octanol–water partition coefficient (Wildman–Crippen LogP) is 4.90. The number of nitrogens with one attached hydrogen (secondary N) is 1. The number of amides is 1. The van der Waals surface area contributed by atoms with E-state index in [-0.39, 0.29) is 19.3 Å². The van der Waals surface area contributed by atoms with Crippen molar-refractivity contribution in [1.29, 1.82) is 0 Å². The topological polar surface area (TPSA) is 137 Å². The summed E-state index contributed by atoms with van der Waals surface area (Å²) in [5.41, 5.74) is 1.31. The van der Waals surface area contributed by atoms with Crippen LogP contribution >= 0.6 is 0 Å². The molecule has 2 heterocycles. The Labute approximate surface area is 262 Å². The minimum Gasteiger partial charge on any atom is -0.493 e. The van der Waals surface area contributed by atoms with Crippen LogP contribution in [0.1, 0.15) is 69.8 Å². The van der Waals surface area contributed by atoms with Crippen LogP contribution in [0.4, 0.5) is 4.79 Å². The number of carbonyl (C=O) groups excluding carboxylic acids is 3. The Morgan fingerprint density at radius 3 is 2.13 bits per heavy atom. The predicted molar refractivity (Wildman–Crippen MR) is 160 cm³/mol. The van der Waals surface area contributed by atoms with Gasteiger partial charge in [0.15, 0.2) is 23.0 Å². The van der Waals surface area contributed by atoms with Gasteiger partial charge in [-0.3, -0.25) is 4.79 Å². The molecule has 1 saturated heterocycles. The molecule has 12 heteroatoms. The number of hydrogen-bond acceptors (Lipinski definition) is 11. The smallest absolute Gasteiger partial charge is 0.408 e. The summed E-state index contributed by atoms with van der Waals surface area (Å²) in [6.45, 7) is 9.06. The molecule has 0 saturated carbocycles. The van der Waals surface area contributed by atoms with Crippen molar-refractivity contribution in [3.05, 3.63) is 41.0 Å². The zero-order valence-electron chi connectivity index (χ0n) is 26.9. The molecule has 5 rings (SSSR count). The molecule has 0 unspecified atom stereocenters. The molecule has 6 atom stereocenters. The van der Waals surface area contributed by atoms with Crippen LogP contribution in [-0.2, 0) is 23.8 Å². The highest BCUT2D eigenvalue weighted by atomic mass is 16.7. The largest absolute Gasteiger partial charge is 0.493 e. The number of fused-ring (bicyclic) bond motifs is 3. The van der Waals surface area contributed by atoms with Gasteiger partial charge in [-0.05, 0) is 62.1 Å². The quantitative estimate of drug-likeness (QED) is 0.300. The number of ether oxygens (including phenoxy) is 8. The molecule has 2 aliphatic heterocycles. The Balaban J connectivity index is 1.60. The molecule has 0 radical (unpaired) electrons. The van der Waals surface area contributed by atoms with Gasteiger partial charge in [-0.25, -0.2) is 9.59 Å². The van der Waals surface area contributed by atoms with Crippen molar-refractivity contribution in [3.8, 4) is 28.7 Å². The SMILES string of the molecule is CC[C@H](C)[C@H](NC(=O)OC(C)(C)C)C(=O)O[C@H]1c2cc3c(cc2[C@@H](c2cc(OC)c(OC)c(OC)c2)[C@H]2C(=O)OC[C@@H]21)OCO3. The summed E-state index contributed by atoms with van der Waals surface area (Å²) in [6, 6.07) is 6.23. The lowest BCUT2D eigenvalue weighted by molar-refractivity contribution is -0.158. The van der Waals surface area contributed by atoms with Crippen molar-refractivity contribution >= 4 is 18.0 Å². The van der Waals surface area contributed by atoms with E-state index in [1.165, 1.54) is 21.3 Å². The van der Waals surface area contributed by atoms with Gasteiger partial charge in [0.2, 0.25) is 12.5 Å². The van der Waals surface area contributed by atoms with Gasteiger partial charge in [-0.2, -0.15) is 0 Å². The monoisotopic (exact) mass is 627 g/mol. The summed E-state index contributed by atoms with van der Waals surface area (Å²) in [4.78, 5) is 40.1. The van der Waals surface area contributed by atoms with E-state index in [1.54, 1.807) is 39.0 Å². The molecule has 0 bridgehead atoms. The van der Waals surface area contributed by atoms with Crippen molar-refractivity contribution in [2.45, 2.75) is 64.7 Å². The van der Waals surface area contributed by atoms with Crippen molar-refractivity contribution in [1.82, 2.24) is 5.32 Å². The molecule has 1 N–H and O–H groups in total. The van der Waals surface area contributed by atoms with E-state index in [9.17, 15) is 14.4 Å². The maximum atomic E-state index is 13.9. The van der Waals surface area contributed by atoms with Gasteiger partial charge >= 0.3 is 18.0 Å². The second-order valence-corrected chi connectivity index (χ2v) is 12.5. The second-order valence-electron chi connectivity index (χ2n) is 12.5.